The molecule has 1 aromatic carbocycles. The minimum atomic E-state index is -0.931. The Bertz CT molecular complexity index is 595. The van der Waals surface area contributed by atoms with Crippen molar-refractivity contribution in [3.63, 3.8) is 0 Å². The van der Waals surface area contributed by atoms with E-state index in [2.05, 4.69) is 0 Å². The minimum absolute atomic E-state index is 0.118. The maximum Gasteiger partial charge on any atom is 0.308 e. The summed E-state index contributed by atoms with van der Waals surface area (Å²) in [6.07, 6.45) is 0.509. The highest BCUT2D eigenvalue weighted by Gasteiger charge is 2.30. The van der Waals surface area contributed by atoms with E-state index < -0.39 is 17.7 Å². The van der Waals surface area contributed by atoms with Gasteiger partial charge in [0.1, 0.15) is 5.82 Å². The standard InChI is InChI=1S/C14H13FN2O3/c15-12-4-9(6-16)3-10(5-12)7-17-8-11(14(19)20)1-2-13(17)18/h3-5,11H,1-2,7-8H2,(H,19,20). The van der Waals surface area contributed by atoms with E-state index in [1.54, 1.807) is 0 Å². The molecule has 1 aromatic rings. The van der Waals surface area contributed by atoms with Crippen molar-refractivity contribution in [3.8, 4) is 6.07 Å². The van der Waals surface area contributed by atoms with Gasteiger partial charge in [0.05, 0.1) is 17.6 Å². The van der Waals surface area contributed by atoms with E-state index in [1.807, 2.05) is 6.07 Å². The predicted octanol–water partition coefficient (Wildman–Crippen LogP) is 1.52. The summed E-state index contributed by atoms with van der Waals surface area (Å²) < 4.78 is 13.3. The Labute approximate surface area is 115 Å². The van der Waals surface area contributed by atoms with E-state index in [0.29, 0.717) is 12.0 Å². The normalized spacial score (nSPS) is 18.7. The molecule has 1 unspecified atom stereocenters. The second kappa shape index (κ2) is 5.70. The van der Waals surface area contributed by atoms with Gasteiger partial charge in [-0.3, -0.25) is 9.59 Å². The van der Waals surface area contributed by atoms with Gasteiger partial charge in [-0.1, -0.05) is 0 Å². The quantitative estimate of drug-likeness (QED) is 0.907. The maximum absolute atomic E-state index is 13.3. The lowest BCUT2D eigenvalue weighted by atomic mass is 9.97. The van der Waals surface area contributed by atoms with E-state index in [1.165, 1.54) is 17.0 Å². The number of rotatable bonds is 3. The molecular formula is C14H13FN2O3. The first-order valence-corrected chi connectivity index (χ1v) is 6.19. The molecule has 0 spiro atoms. The van der Waals surface area contributed by atoms with Crippen LogP contribution in [0.3, 0.4) is 0 Å². The summed E-state index contributed by atoms with van der Waals surface area (Å²) in [6.45, 7) is 0.238. The lowest BCUT2D eigenvalue weighted by molar-refractivity contribution is -0.147. The first kappa shape index (κ1) is 14.0. The van der Waals surface area contributed by atoms with Crippen LogP contribution in [0.5, 0.6) is 0 Å². The van der Waals surface area contributed by atoms with Crippen LogP contribution in [0.1, 0.15) is 24.0 Å². The lowest BCUT2D eigenvalue weighted by Gasteiger charge is -2.30. The van der Waals surface area contributed by atoms with Crippen LogP contribution in [0.2, 0.25) is 0 Å². The predicted molar refractivity (Wildman–Crippen MR) is 66.9 cm³/mol. The number of amides is 1. The third-order valence-electron chi connectivity index (χ3n) is 3.31. The molecule has 1 amide bonds. The van der Waals surface area contributed by atoms with Gasteiger partial charge in [0.2, 0.25) is 5.91 Å². The lowest BCUT2D eigenvalue weighted by Crippen LogP contribution is -2.42. The van der Waals surface area contributed by atoms with Crippen molar-refractivity contribution in [3.05, 3.63) is 35.1 Å². The van der Waals surface area contributed by atoms with Crippen molar-refractivity contribution in [1.29, 1.82) is 5.26 Å². The molecule has 0 aliphatic carbocycles. The summed E-state index contributed by atoms with van der Waals surface area (Å²) >= 11 is 0. The highest BCUT2D eigenvalue weighted by atomic mass is 19.1. The second-order valence-electron chi connectivity index (χ2n) is 4.81. The molecule has 1 aliphatic rings. The van der Waals surface area contributed by atoms with Gasteiger partial charge < -0.3 is 10.0 Å². The first-order chi connectivity index (χ1) is 9.49. The summed E-state index contributed by atoms with van der Waals surface area (Å²) in [4.78, 5) is 24.2. The van der Waals surface area contributed by atoms with Crippen molar-refractivity contribution < 1.29 is 19.1 Å². The SMILES string of the molecule is N#Cc1cc(F)cc(CN2CC(C(=O)O)CCC2=O)c1. The fourth-order valence-electron chi connectivity index (χ4n) is 2.30. The molecule has 1 aliphatic heterocycles. The molecule has 0 saturated carbocycles. The summed E-state index contributed by atoms with van der Waals surface area (Å²) in [5, 5.41) is 17.8. The first-order valence-electron chi connectivity index (χ1n) is 6.19. The molecule has 0 radical (unpaired) electrons. The molecule has 2 rings (SSSR count). The van der Waals surface area contributed by atoms with E-state index in [0.717, 1.165) is 6.07 Å². The smallest absolute Gasteiger partial charge is 0.308 e. The van der Waals surface area contributed by atoms with Gasteiger partial charge in [0.25, 0.3) is 0 Å². The average Bonchev–Trinajstić information content (AvgIpc) is 2.40. The molecule has 5 nitrogen and oxygen atoms in total. The van der Waals surface area contributed by atoms with Gasteiger partial charge in [-0.2, -0.15) is 5.26 Å². The van der Waals surface area contributed by atoms with Crippen molar-refractivity contribution >= 4 is 11.9 Å². The Kier molecular flexibility index (Phi) is 3.99. The Morgan fingerprint density at radius 3 is 2.90 bits per heavy atom. The Balaban J connectivity index is 2.16. The van der Waals surface area contributed by atoms with Crippen LogP contribution in [0.15, 0.2) is 18.2 Å². The molecule has 0 aromatic heterocycles. The Morgan fingerprint density at radius 2 is 2.25 bits per heavy atom. The number of aliphatic carboxylic acids is 1. The second-order valence-corrected chi connectivity index (χ2v) is 4.81. The largest absolute Gasteiger partial charge is 0.481 e. The highest BCUT2D eigenvalue weighted by Crippen LogP contribution is 2.20. The fourth-order valence-corrected chi connectivity index (χ4v) is 2.30. The molecule has 1 fully saturated rings. The average molecular weight is 276 g/mol. The van der Waals surface area contributed by atoms with E-state index >= 15 is 0 Å². The molecule has 20 heavy (non-hydrogen) atoms. The highest BCUT2D eigenvalue weighted by molar-refractivity contribution is 5.80. The van der Waals surface area contributed by atoms with Crippen LogP contribution >= 0.6 is 0 Å². The van der Waals surface area contributed by atoms with Crippen LogP contribution < -0.4 is 0 Å². The molecule has 0 bridgehead atoms. The number of hydrogen-bond acceptors (Lipinski definition) is 3. The molecule has 1 N–H and O–H groups in total. The van der Waals surface area contributed by atoms with E-state index in [-0.39, 0.29) is 31.0 Å². The van der Waals surface area contributed by atoms with Crippen molar-refractivity contribution in [2.45, 2.75) is 19.4 Å². The number of halogens is 1. The van der Waals surface area contributed by atoms with Crippen molar-refractivity contribution in [2.24, 2.45) is 5.92 Å². The number of carboxylic acids is 1. The summed E-state index contributed by atoms with van der Waals surface area (Å²) in [6, 6.07) is 5.71. The molecule has 104 valence electrons. The summed E-state index contributed by atoms with van der Waals surface area (Å²) in [5.74, 6) is -2.21. The van der Waals surface area contributed by atoms with Crippen LogP contribution in [-0.2, 0) is 16.1 Å². The Hall–Kier alpha value is -2.42. The minimum Gasteiger partial charge on any atom is -0.481 e. The van der Waals surface area contributed by atoms with E-state index in [9.17, 15) is 14.0 Å². The number of piperidine rings is 1. The summed E-state index contributed by atoms with van der Waals surface area (Å²) in [5.41, 5.74) is 0.667. The number of nitrogens with zero attached hydrogens (tertiary/aromatic N) is 2. The van der Waals surface area contributed by atoms with Crippen LogP contribution in [-0.4, -0.2) is 28.4 Å². The zero-order valence-corrected chi connectivity index (χ0v) is 10.7. The van der Waals surface area contributed by atoms with Crippen molar-refractivity contribution in [2.75, 3.05) is 6.54 Å². The van der Waals surface area contributed by atoms with Crippen LogP contribution in [0, 0.1) is 23.1 Å². The van der Waals surface area contributed by atoms with Crippen LogP contribution in [0.4, 0.5) is 4.39 Å². The van der Waals surface area contributed by atoms with E-state index in [4.69, 9.17) is 10.4 Å². The van der Waals surface area contributed by atoms with Gasteiger partial charge in [-0.15, -0.1) is 0 Å². The third kappa shape index (κ3) is 3.12. The van der Waals surface area contributed by atoms with Gasteiger partial charge in [0, 0.05) is 19.5 Å². The number of carbonyl (C=O) groups is 2. The fraction of sp³-hybridized carbons (Fsp3) is 0.357. The van der Waals surface area contributed by atoms with Gasteiger partial charge in [0.15, 0.2) is 0 Å². The van der Waals surface area contributed by atoms with Crippen LogP contribution in [0.25, 0.3) is 0 Å². The summed E-state index contributed by atoms with van der Waals surface area (Å²) in [7, 11) is 0. The number of carboxylic acid groups (broad SMARTS) is 1. The molecule has 1 heterocycles. The van der Waals surface area contributed by atoms with Crippen molar-refractivity contribution in [1.82, 2.24) is 4.90 Å². The number of hydrogen-bond donors (Lipinski definition) is 1. The zero-order valence-electron chi connectivity index (χ0n) is 10.7. The van der Waals surface area contributed by atoms with Gasteiger partial charge in [-0.05, 0) is 30.2 Å². The number of benzene rings is 1. The molecule has 1 atom stereocenters. The number of carbonyl (C=O) groups excluding carboxylic acids is 1. The van der Waals surface area contributed by atoms with Gasteiger partial charge in [-0.25, -0.2) is 4.39 Å². The molecule has 1 saturated heterocycles. The topological polar surface area (TPSA) is 81.4 Å². The van der Waals surface area contributed by atoms with Gasteiger partial charge >= 0.3 is 5.97 Å². The molecule has 6 heteroatoms. The number of nitriles is 1. The third-order valence-corrected chi connectivity index (χ3v) is 3.31. The Morgan fingerprint density at radius 1 is 1.50 bits per heavy atom. The molecular weight excluding hydrogens is 263 g/mol. The maximum atomic E-state index is 13.3. The number of likely N-dealkylation sites (tertiary alicyclic amines) is 1. The monoisotopic (exact) mass is 276 g/mol. The zero-order chi connectivity index (χ0) is 14.7.